The van der Waals surface area contributed by atoms with Gasteiger partial charge >= 0.3 is 0 Å². The lowest BCUT2D eigenvalue weighted by Crippen LogP contribution is -2.40. The van der Waals surface area contributed by atoms with Crippen LogP contribution in [0.3, 0.4) is 0 Å². The summed E-state index contributed by atoms with van der Waals surface area (Å²) in [5.41, 5.74) is 1.26. The first-order valence-corrected chi connectivity index (χ1v) is 10.2. The molecule has 1 amide bonds. The number of benzene rings is 2. The lowest BCUT2D eigenvalue weighted by molar-refractivity contribution is 0.0997. The molecular formula is C21H22N2O4S. The smallest absolute Gasteiger partial charge is 0.292 e. The molecule has 0 bridgehead atoms. The molecule has 0 spiro atoms. The number of nitrogens with one attached hydrogen (secondary N) is 2. The number of hydrogen-bond donors (Lipinski definition) is 2. The SMILES string of the molecule is CC(C)(C)NS(=O)(=O)c1cccc(NC(=O)c2occc2-c2ccccc2)c1. The highest BCUT2D eigenvalue weighted by molar-refractivity contribution is 7.89. The maximum absolute atomic E-state index is 12.7. The lowest BCUT2D eigenvalue weighted by atomic mass is 10.1. The number of carbonyl (C=O) groups is 1. The summed E-state index contributed by atoms with van der Waals surface area (Å²) in [6.45, 7) is 5.29. The van der Waals surface area contributed by atoms with Gasteiger partial charge in [-0.1, -0.05) is 36.4 Å². The molecule has 1 aromatic heterocycles. The third kappa shape index (κ3) is 4.68. The molecule has 0 saturated heterocycles. The van der Waals surface area contributed by atoms with Crippen molar-refractivity contribution in [2.75, 3.05) is 5.32 Å². The normalized spacial score (nSPS) is 12.0. The summed E-state index contributed by atoms with van der Waals surface area (Å²) in [6, 6.07) is 17.2. The van der Waals surface area contributed by atoms with Gasteiger partial charge in [0.05, 0.1) is 11.2 Å². The molecular weight excluding hydrogens is 376 g/mol. The highest BCUT2D eigenvalue weighted by atomic mass is 32.2. The molecule has 28 heavy (non-hydrogen) atoms. The predicted octanol–water partition coefficient (Wildman–Crippen LogP) is 4.28. The minimum atomic E-state index is -3.71. The first kappa shape index (κ1) is 19.9. The second kappa shape index (κ2) is 7.61. The fourth-order valence-corrected chi connectivity index (χ4v) is 4.18. The van der Waals surface area contributed by atoms with Crippen molar-refractivity contribution in [1.29, 1.82) is 0 Å². The first-order chi connectivity index (χ1) is 13.2. The fourth-order valence-electron chi connectivity index (χ4n) is 2.72. The van der Waals surface area contributed by atoms with Crippen LogP contribution in [0.15, 0.2) is 76.2 Å². The summed E-state index contributed by atoms with van der Waals surface area (Å²) in [6.07, 6.45) is 1.45. The van der Waals surface area contributed by atoms with E-state index in [-0.39, 0.29) is 10.7 Å². The predicted molar refractivity (Wildman–Crippen MR) is 109 cm³/mol. The van der Waals surface area contributed by atoms with Gasteiger partial charge in [-0.2, -0.15) is 0 Å². The third-order valence-corrected chi connectivity index (χ3v) is 5.55. The summed E-state index contributed by atoms with van der Waals surface area (Å²) in [4.78, 5) is 12.8. The van der Waals surface area contributed by atoms with Crippen LogP contribution in [0.25, 0.3) is 11.1 Å². The van der Waals surface area contributed by atoms with E-state index in [0.29, 0.717) is 11.3 Å². The molecule has 0 saturated carbocycles. The Morgan fingerprint density at radius 3 is 2.36 bits per heavy atom. The van der Waals surface area contributed by atoms with Crippen LogP contribution >= 0.6 is 0 Å². The van der Waals surface area contributed by atoms with Crippen molar-refractivity contribution in [2.45, 2.75) is 31.2 Å². The molecule has 0 aliphatic carbocycles. The van der Waals surface area contributed by atoms with Crippen molar-refractivity contribution >= 4 is 21.6 Å². The van der Waals surface area contributed by atoms with Crippen molar-refractivity contribution in [3.8, 4) is 11.1 Å². The fraction of sp³-hybridized carbons (Fsp3) is 0.190. The maximum atomic E-state index is 12.7. The van der Waals surface area contributed by atoms with Crippen LogP contribution in [-0.2, 0) is 10.0 Å². The van der Waals surface area contributed by atoms with E-state index in [1.54, 1.807) is 39.0 Å². The number of anilines is 1. The largest absolute Gasteiger partial charge is 0.459 e. The molecule has 2 aromatic carbocycles. The van der Waals surface area contributed by atoms with E-state index in [1.807, 2.05) is 30.3 Å². The molecule has 0 aliphatic rings. The molecule has 6 nitrogen and oxygen atoms in total. The Bertz CT molecular complexity index is 1080. The van der Waals surface area contributed by atoms with E-state index in [9.17, 15) is 13.2 Å². The zero-order valence-electron chi connectivity index (χ0n) is 15.9. The average Bonchev–Trinajstić information content (AvgIpc) is 3.11. The van der Waals surface area contributed by atoms with Crippen LogP contribution in [0, 0.1) is 0 Å². The Morgan fingerprint density at radius 1 is 0.964 bits per heavy atom. The topological polar surface area (TPSA) is 88.4 Å². The van der Waals surface area contributed by atoms with Crippen molar-refractivity contribution in [2.24, 2.45) is 0 Å². The van der Waals surface area contributed by atoms with Crippen LogP contribution in [0.4, 0.5) is 5.69 Å². The van der Waals surface area contributed by atoms with Gasteiger partial charge in [-0.15, -0.1) is 0 Å². The highest BCUT2D eigenvalue weighted by Gasteiger charge is 2.23. The summed E-state index contributed by atoms with van der Waals surface area (Å²) in [5.74, 6) is -0.297. The number of rotatable bonds is 5. The minimum Gasteiger partial charge on any atom is -0.459 e. The molecule has 2 N–H and O–H groups in total. The van der Waals surface area contributed by atoms with E-state index in [4.69, 9.17) is 4.42 Å². The van der Waals surface area contributed by atoms with Crippen molar-refractivity contribution in [1.82, 2.24) is 4.72 Å². The van der Waals surface area contributed by atoms with Gasteiger partial charge in [0, 0.05) is 16.8 Å². The molecule has 3 rings (SSSR count). The molecule has 7 heteroatoms. The van der Waals surface area contributed by atoms with Crippen LogP contribution in [-0.4, -0.2) is 19.9 Å². The summed E-state index contributed by atoms with van der Waals surface area (Å²) >= 11 is 0. The van der Waals surface area contributed by atoms with E-state index >= 15 is 0 Å². The van der Waals surface area contributed by atoms with Crippen LogP contribution in [0.1, 0.15) is 31.3 Å². The number of hydrogen-bond acceptors (Lipinski definition) is 4. The third-order valence-electron chi connectivity index (χ3n) is 3.80. The second-order valence-corrected chi connectivity index (χ2v) is 9.05. The van der Waals surface area contributed by atoms with E-state index in [0.717, 1.165) is 5.56 Å². The quantitative estimate of drug-likeness (QED) is 0.672. The van der Waals surface area contributed by atoms with Crippen LogP contribution in [0.2, 0.25) is 0 Å². The van der Waals surface area contributed by atoms with Gasteiger partial charge in [-0.3, -0.25) is 4.79 Å². The van der Waals surface area contributed by atoms with Gasteiger partial charge in [-0.25, -0.2) is 13.1 Å². The molecule has 146 valence electrons. The van der Waals surface area contributed by atoms with E-state index < -0.39 is 21.5 Å². The van der Waals surface area contributed by atoms with E-state index in [2.05, 4.69) is 10.0 Å². The number of furan rings is 1. The van der Waals surface area contributed by atoms with Gasteiger partial charge in [0.1, 0.15) is 0 Å². The van der Waals surface area contributed by atoms with Gasteiger partial charge in [0.15, 0.2) is 5.76 Å². The van der Waals surface area contributed by atoms with Crippen molar-refractivity contribution < 1.29 is 17.6 Å². The standard InChI is InChI=1S/C21H22N2O4S/c1-21(2,3)23-28(25,26)17-11-7-10-16(14-17)22-20(24)19-18(12-13-27-19)15-8-5-4-6-9-15/h4-14,23H,1-3H3,(H,22,24). The van der Waals surface area contributed by atoms with Crippen molar-refractivity contribution in [3.05, 3.63) is 72.7 Å². The maximum Gasteiger partial charge on any atom is 0.292 e. The minimum absolute atomic E-state index is 0.0722. The first-order valence-electron chi connectivity index (χ1n) is 8.74. The molecule has 0 unspecified atom stereocenters. The Labute approximate surface area is 164 Å². The molecule has 0 radical (unpaired) electrons. The van der Waals surface area contributed by atoms with Gasteiger partial charge in [0.2, 0.25) is 10.0 Å². The lowest BCUT2D eigenvalue weighted by Gasteiger charge is -2.20. The molecule has 1 heterocycles. The van der Waals surface area contributed by atoms with Gasteiger partial charge in [0.25, 0.3) is 5.91 Å². The number of carbonyl (C=O) groups excluding carboxylic acids is 1. The Morgan fingerprint density at radius 2 is 1.68 bits per heavy atom. The average molecular weight is 398 g/mol. The molecule has 3 aromatic rings. The number of amides is 1. The van der Waals surface area contributed by atoms with Crippen LogP contribution in [0.5, 0.6) is 0 Å². The summed E-state index contributed by atoms with van der Waals surface area (Å²) < 4.78 is 33.0. The highest BCUT2D eigenvalue weighted by Crippen LogP contribution is 2.26. The Hall–Kier alpha value is -2.90. The summed E-state index contributed by atoms with van der Waals surface area (Å²) in [5, 5.41) is 2.70. The molecule has 0 atom stereocenters. The monoisotopic (exact) mass is 398 g/mol. The summed E-state index contributed by atoms with van der Waals surface area (Å²) in [7, 11) is -3.71. The van der Waals surface area contributed by atoms with E-state index in [1.165, 1.54) is 18.4 Å². The van der Waals surface area contributed by atoms with Crippen LogP contribution < -0.4 is 10.0 Å². The van der Waals surface area contributed by atoms with Gasteiger partial charge in [-0.05, 0) is 50.6 Å². The van der Waals surface area contributed by atoms with Gasteiger partial charge < -0.3 is 9.73 Å². The number of sulfonamides is 1. The van der Waals surface area contributed by atoms with Crippen molar-refractivity contribution in [3.63, 3.8) is 0 Å². The zero-order chi connectivity index (χ0) is 20.4. The Balaban J connectivity index is 1.84. The molecule has 0 fully saturated rings. The molecule has 0 aliphatic heterocycles. The second-order valence-electron chi connectivity index (χ2n) is 7.37. The zero-order valence-corrected chi connectivity index (χ0v) is 16.7. The Kier molecular flexibility index (Phi) is 5.40.